The first-order valence-corrected chi connectivity index (χ1v) is 15.4. The highest BCUT2D eigenvalue weighted by molar-refractivity contribution is 6.17. The van der Waals surface area contributed by atoms with Gasteiger partial charge in [0.05, 0.1) is 23.9 Å². The Balaban J connectivity index is 1.47. The Morgan fingerprint density at radius 2 is 1.49 bits per heavy atom. The van der Waals surface area contributed by atoms with Crippen molar-refractivity contribution in [2.24, 2.45) is 0 Å². The molecule has 0 aliphatic rings. The number of benzene rings is 3. The molecule has 226 valence electrons. The number of ether oxygens (including phenoxy) is 1. The normalized spacial score (nSPS) is 11.0. The fourth-order valence-corrected chi connectivity index (χ4v) is 5.35. The summed E-state index contributed by atoms with van der Waals surface area (Å²) in [5.74, 6) is 0.511. The van der Waals surface area contributed by atoms with Gasteiger partial charge in [-0.15, -0.1) is 0 Å². The van der Waals surface area contributed by atoms with E-state index < -0.39 is 0 Å². The van der Waals surface area contributed by atoms with Crippen molar-refractivity contribution in [3.63, 3.8) is 0 Å². The summed E-state index contributed by atoms with van der Waals surface area (Å²) in [4.78, 5) is 41.8. The molecule has 0 aliphatic heterocycles. The molecule has 2 amide bonds. The van der Waals surface area contributed by atoms with Crippen LogP contribution in [-0.2, 0) is 4.79 Å². The lowest BCUT2D eigenvalue weighted by molar-refractivity contribution is -0.130. The van der Waals surface area contributed by atoms with E-state index in [2.05, 4.69) is 12.2 Å². The summed E-state index contributed by atoms with van der Waals surface area (Å²) >= 11 is 0. The van der Waals surface area contributed by atoms with Gasteiger partial charge in [-0.1, -0.05) is 69.0 Å². The van der Waals surface area contributed by atoms with Crippen molar-refractivity contribution in [2.45, 2.75) is 58.3 Å². The van der Waals surface area contributed by atoms with Gasteiger partial charge in [-0.25, -0.2) is 0 Å². The maximum absolute atomic E-state index is 13.9. The maximum atomic E-state index is 13.9. The van der Waals surface area contributed by atoms with Crippen molar-refractivity contribution in [3.05, 3.63) is 90.0 Å². The number of aromatic nitrogens is 1. The molecule has 4 rings (SSSR count). The highest BCUT2D eigenvalue weighted by atomic mass is 16.5. The highest BCUT2D eigenvalue weighted by Crippen LogP contribution is 2.35. The Kier molecular flexibility index (Phi) is 11.5. The number of rotatable bonds is 15. The van der Waals surface area contributed by atoms with E-state index in [0.29, 0.717) is 41.1 Å². The van der Waals surface area contributed by atoms with E-state index in [-0.39, 0.29) is 17.7 Å². The topological polar surface area (TPSA) is 80.6 Å². The molecule has 0 aliphatic carbocycles. The van der Waals surface area contributed by atoms with Crippen molar-refractivity contribution in [2.75, 3.05) is 27.2 Å². The lowest BCUT2D eigenvalue weighted by Crippen LogP contribution is -2.27. The van der Waals surface area contributed by atoms with Crippen LogP contribution in [0.5, 0.6) is 5.75 Å². The fourth-order valence-electron chi connectivity index (χ4n) is 5.35. The Morgan fingerprint density at radius 1 is 0.814 bits per heavy atom. The smallest absolute Gasteiger partial charge is 0.262 e. The van der Waals surface area contributed by atoms with Crippen LogP contribution in [0.1, 0.15) is 79.0 Å². The van der Waals surface area contributed by atoms with Gasteiger partial charge in [-0.2, -0.15) is 0 Å². The van der Waals surface area contributed by atoms with Crippen LogP contribution in [0.25, 0.3) is 22.2 Å². The van der Waals surface area contributed by atoms with Gasteiger partial charge in [-0.05, 0) is 67.3 Å². The lowest BCUT2D eigenvalue weighted by atomic mass is 10.0. The average Bonchev–Trinajstić information content (AvgIpc) is 3.40. The minimum atomic E-state index is -0.206. The molecule has 1 aromatic heterocycles. The predicted molar refractivity (Wildman–Crippen MR) is 173 cm³/mol. The van der Waals surface area contributed by atoms with E-state index in [4.69, 9.17) is 4.74 Å². The van der Waals surface area contributed by atoms with Crippen molar-refractivity contribution < 1.29 is 19.1 Å². The number of hydrogen-bond donors (Lipinski definition) is 1. The first kappa shape index (κ1) is 31.5. The molecule has 0 unspecified atom stereocenters. The van der Waals surface area contributed by atoms with Crippen LogP contribution in [0.4, 0.5) is 0 Å². The zero-order chi connectivity index (χ0) is 30.6. The number of carbonyl (C=O) groups is 3. The van der Waals surface area contributed by atoms with Crippen LogP contribution in [0.2, 0.25) is 0 Å². The number of nitrogens with one attached hydrogen (secondary N) is 1. The number of amides is 2. The van der Waals surface area contributed by atoms with Crippen LogP contribution in [0.3, 0.4) is 0 Å². The van der Waals surface area contributed by atoms with Gasteiger partial charge in [-0.3, -0.25) is 19.0 Å². The van der Waals surface area contributed by atoms with Crippen molar-refractivity contribution in [1.82, 2.24) is 14.8 Å². The van der Waals surface area contributed by atoms with Crippen LogP contribution < -0.4 is 10.1 Å². The van der Waals surface area contributed by atoms with Gasteiger partial charge in [0, 0.05) is 37.5 Å². The van der Waals surface area contributed by atoms with Gasteiger partial charge in [0.1, 0.15) is 5.75 Å². The summed E-state index contributed by atoms with van der Waals surface area (Å²) in [6, 6.07) is 24.1. The van der Waals surface area contributed by atoms with Crippen LogP contribution in [0.15, 0.2) is 78.9 Å². The Bertz CT molecular complexity index is 1510. The summed E-state index contributed by atoms with van der Waals surface area (Å²) in [6.45, 7) is 3.49. The van der Waals surface area contributed by atoms with Gasteiger partial charge in [0.25, 0.3) is 11.8 Å². The number of hydrogen-bond acceptors (Lipinski definition) is 4. The van der Waals surface area contributed by atoms with Crippen LogP contribution >= 0.6 is 0 Å². The van der Waals surface area contributed by atoms with Gasteiger partial charge in [0.2, 0.25) is 5.91 Å². The highest BCUT2D eigenvalue weighted by Gasteiger charge is 2.27. The number of unbranched alkanes of at least 4 members (excludes halogenated alkanes) is 5. The minimum Gasteiger partial charge on any atom is -0.497 e. The number of nitrogens with zero attached hydrogens (tertiary/aromatic N) is 2. The zero-order valence-electron chi connectivity index (χ0n) is 25.6. The monoisotopic (exact) mass is 581 g/mol. The molecule has 43 heavy (non-hydrogen) atoms. The SMILES string of the molecule is CCCCN(C)C(=O)CCCCCCCNC(=O)c1c(-c2ccc(OC)cc2)n(C(=O)c2ccccc2)c2ccccc12. The molecule has 4 aromatic rings. The first-order chi connectivity index (χ1) is 21.0. The third-order valence-corrected chi connectivity index (χ3v) is 7.81. The van der Waals surface area contributed by atoms with E-state index in [0.717, 1.165) is 62.4 Å². The fraction of sp³-hybridized carbons (Fsp3) is 0.361. The quantitative estimate of drug-likeness (QED) is 0.149. The molecule has 0 atom stereocenters. The summed E-state index contributed by atoms with van der Waals surface area (Å²) in [6.07, 6.45) is 7.44. The van der Waals surface area contributed by atoms with Gasteiger partial charge in [0.15, 0.2) is 0 Å². The lowest BCUT2D eigenvalue weighted by Gasteiger charge is -2.16. The number of para-hydroxylation sites is 1. The molecule has 7 nitrogen and oxygen atoms in total. The van der Waals surface area contributed by atoms with Crippen LogP contribution in [0, 0.1) is 0 Å². The largest absolute Gasteiger partial charge is 0.497 e. The summed E-state index contributed by atoms with van der Waals surface area (Å²) in [5.41, 5.74) is 3.02. The molecule has 0 fully saturated rings. The van der Waals surface area contributed by atoms with E-state index in [1.54, 1.807) is 23.8 Å². The number of fused-ring (bicyclic) bond motifs is 1. The molecule has 0 bridgehead atoms. The van der Waals surface area contributed by atoms with Crippen molar-refractivity contribution >= 4 is 28.6 Å². The second-order valence-electron chi connectivity index (χ2n) is 10.9. The van der Waals surface area contributed by atoms with Crippen molar-refractivity contribution in [3.8, 4) is 17.0 Å². The van der Waals surface area contributed by atoms with Crippen molar-refractivity contribution in [1.29, 1.82) is 0 Å². The standard InChI is InChI=1S/C36H43N3O4/c1-4-5-26-38(2)32(40)20-12-7-6-8-15-25-37-35(41)33-30-18-13-14-19-31(30)39(36(42)28-16-10-9-11-17-28)34(33)27-21-23-29(43-3)24-22-27/h9-11,13-14,16-19,21-24H,4-8,12,15,20,25-26H2,1-3H3,(H,37,41). The molecule has 1 heterocycles. The second-order valence-corrected chi connectivity index (χ2v) is 10.9. The second kappa shape index (κ2) is 15.7. The zero-order valence-corrected chi connectivity index (χ0v) is 25.6. The molecule has 0 radical (unpaired) electrons. The summed E-state index contributed by atoms with van der Waals surface area (Å²) in [5, 5.41) is 3.84. The number of carbonyl (C=O) groups excluding carboxylic acids is 3. The third-order valence-electron chi connectivity index (χ3n) is 7.81. The molecule has 0 saturated carbocycles. The average molecular weight is 582 g/mol. The molecular formula is C36H43N3O4. The molecular weight excluding hydrogens is 538 g/mol. The minimum absolute atomic E-state index is 0.197. The Morgan fingerprint density at radius 3 is 2.21 bits per heavy atom. The van der Waals surface area contributed by atoms with E-state index >= 15 is 0 Å². The summed E-state index contributed by atoms with van der Waals surface area (Å²) < 4.78 is 7.01. The van der Waals surface area contributed by atoms with Gasteiger partial charge >= 0.3 is 0 Å². The summed E-state index contributed by atoms with van der Waals surface area (Å²) in [7, 11) is 3.49. The Hall–Kier alpha value is -4.39. The van der Waals surface area contributed by atoms with E-state index in [9.17, 15) is 14.4 Å². The molecule has 7 heteroatoms. The molecule has 0 saturated heterocycles. The Labute approximate surface area is 254 Å². The predicted octanol–water partition coefficient (Wildman–Crippen LogP) is 7.33. The third kappa shape index (κ3) is 7.92. The van der Waals surface area contributed by atoms with E-state index in [1.807, 2.05) is 78.7 Å². The molecule has 1 N–H and O–H groups in total. The molecule has 0 spiro atoms. The van der Waals surface area contributed by atoms with Crippen LogP contribution in [-0.4, -0.2) is 54.4 Å². The number of methoxy groups -OCH3 is 1. The van der Waals surface area contributed by atoms with Gasteiger partial charge < -0.3 is 15.0 Å². The van der Waals surface area contributed by atoms with E-state index in [1.165, 1.54) is 0 Å². The first-order valence-electron chi connectivity index (χ1n) is 15.4. The molecule has 3 aromatic carbocycles. The maximum Gasteiger partial charge on any atom is 0.262 e.